The first kappa shape index (κ1) is 14.4. The molecule has 1 aliphatic rings. The molecule has 0 saturated heterocycles. The van der Waals surface area contributed by atoms with Gasteiger partial charge in [0.2, 0.25) is 0 Å². The molecule has 2 nitrogen and oxygen atoms in total. The molecule has 0 atom stereocenters. The van der Waals surface area contributed by atoms with Gasteiger partial charge in [0.25, 0.3) is 0 Å². The molecule has 1 fully saturated rings. The highest BCUT2D eigenvalue weighted by atomic mass is 16.5. The Morgan fingerprint density at radius 1 is 1.16 bits per heavy atom. The topological polar surface area (TPSA) is 21.3 Å². The Morgan fingerprint density at radius 2 is 1.95 bits per heavy atom. The number of rotatable bonds is 9. The highest BCUT2D eigenvalue weighted by Crippen LogP contribution is 2.25. The largest absolute Gasteiger partial charge is 0.494 e. The lowest BCUT2D eigenvalue weighted by Gasteiger charge is -2.25. The summed E-state index contributed by atoms with van der Waals surface area (Å²) < 4.78 is 5.71. The second-order valence-corrected chi connectivity index (χ2v) is 5.63. The zero-order valence-corrected chi connectivity index (χ0v) is 12.2. The van der Waals surface area contributed by atoms with E-state index >= 15 is 0 Å². The van der Waals surface area contributed by atoms with Gasteiger partial charge < -0.3 is 10.1 Å². The van der Waals surface area contributed by atoms with E-state index < -0.39 is 0 Å². The molecular formula is C17H27NO. The van der Waals surface area contributed by atoms with Gasteiger partial charge in [0.05, 0.1) is 6.61 Å². The molecule has 1 N–H and O–H groups in total. The van der Waals surface area contributed by atoms with E-state index in [1.54, 1.807) is 0 Å². The highest BCUT2D eigenvalue weighted by molar-refractivity contribution is 5.27. The lowest BCUT2D eigenvalue weighted by molar-refractivity contribution is 0.301. The van der Waals surface area contributed by atoms with Crippen molar-refractivity contribution in [3.8, 4) is 5.75 Å². The van der Waals surface area contributed by atoms with Crippen LogP contribution in [0.15, 0.2) is 24.3 Å². The van der Waals surface area contributed by atoms with E-state index in [0.717, 1.165) is 31.2 Å². The first-order valence-corrected chi connectivity index (χ1v) is 7.81. The van der Waals surface area contributed by atoms with Crippen molar-refractivity contribution in [3.05, 3.63) is 29.8 Å². The zero-order valence-electron chi connectivity index (χ0n) is 12.2. The summed E-state index contributed by atoms with van der Waals surface area (Å²) in [5, 5.41) is 3.54. The SMILES string of the molecule is CCCCCOc1ccc(CNCC2CCC2)cc1. The molecule has 0 aromatic heterocycles. The van der Waals surface area contributed by atoms with Crippen LogP contribution in [0.1, 0.15) is 51.0 Å². The van der Waals surface area contributed by atoms with Crippen molar-refractivity contribution in [1.29, 1.82) is 0 Å². The minimum absolute atomic E-state index is 0.840. The Kier molecular flexibility index (Phi) is 6.22. The van der Waals surface area contributed by atoms with Gasteiger partial charge in [-0.3, -0.25) is 0 Å². The monoisotopic (exact) mass is 261 g/mol. The molecule has 1 aromatic carbocycles. The third-order valence-electron chi connectivity index (χ3n) is 3.93. The minimum Gasteiger partial charge on any atom is -0.494 e. The molecule has 0 heterocycles. The van der Waals surface area contributed by atoms with Crippen LogP contribution in [-0.4, -0.2) is 13.2 Å². The summed E-state index contributed by atoms with van der Waals surface area (Å²) in [6, 6.07) is 8.52. The van der Waals surface area contributed by atoms with Crippen molar-refractivity contribution in [3.63, 3.8) is 0 Å². The fraction of sp³-hybridized carbons (Fsp3) is 0.647. The van der Waals surface area contributed by atoms with Gasteiger partial charge in [-0.2, -0.15) is 0 Å². The van der Waals surface area contributed by atoms with Gasteiger partial charge in [-0.25, -0.2) is 0 Å². The molecule has 0 unspecified atom stereocenters. The molecule has 1 saturated carbocycles. The average Bonchev–Trinajstić information content (AvgIpc) is 2.39. The Bertz CT molecular complexity index is 343. The Balaban J connectivity index is 1.62. The standard InChI is InChI=1S/C17H27NO/c1-2-3-4-12-19-17-10-8-16(9-11-17)14-18-13-15-6-5-7-15/h8-11,15,18H,2-7,12-14H2,1H3. The van der Waals surface area contributed by atoms with Gasteiger partial charge in [0, 0.05) is 6.54 Å². The van der Waals surface area contributed by atoms with Crippen LogP contribution in [0.5, 0.6) is 5.75 Å². The van der Waals surface area contributed by atoms with Crippen molar-refractivity contribution in [2.75, 3.05) is 13.2 Å². The van der Waals surface area contributed by atoms with E-state index in [1.807, 2.05) is 0 Å². The number of unbranched alkanes of at least 4 members (excludes halogenated alkanes) is 2. The normalized spacial score (nSPS) is 15.2. The number of hydrogen-bond donors (Lipinski definition) is 1. The van der Waals surface area contributed by atoms with Crippen molar-refractivity contribution < 1.29 is 4.74 Å². The summed E-state index contributed by atoms with van der Waals surface area (Å²) in [6.45, 7) is 5.21. The fourth-order valence-electron chi connectivity index (χ4n) is 2.36. The predicted octanol–water partition coefficient (Wildman–Crippen LogP) is 4.15. The summed E-state index contributed by atoms with van der Waals surface area (Å²) in [6.07, 6.45) is 7.91. The molecule has 0 bridgehead atoms. The van der Waals surface area contributed by atoms with Crippen LogP contribution >= 0.6 is 0 Å². The van der Waals surface area contributed by atoms with E-state index in [0.29, 0.717) is 0 Å². The maximum Gasteiger partial charge on any atom is 0.119 e. The summed E-state index contributed by atoms with van der Waals surface area (Å²) in [4.78, 5) is 0. The molecular weight excluding hydrogens is 234 g/mol. The van der Waals surface area contributed by atoms with Crippen molar-refractivity contribution in [2.45, 2.75) is 52.0 Å². The molecule has 2 rings (SSSR count). The lowest BCUT2D eigenvalue weighted by Crippen LogP contribution is -2.26. The van der Waals surface area contributed by atoms with Crippen LogP contribution in [-0.2, 0) is 6.54 Å². The molecule has 1 aliphatic carbocycles. The molecule has 106 valence electrons. The third-order valence-corrected chi connectivity index (χ3v) is 3.93. The molecule has 0 radical (unpaired) electrons. The minimum atomic E-state index is 0.840. The molecule has 0 spiro atoms. The quantitative estimate of drug-likeness (QED) is 0.674. The van der Waals surface area contributed by atoms with Gasteiger partial charge in [-0.1, -0.05) is 38.3 Å². The van der Waals surface area contributed by atoms with Crippen LogP contribution in [0, 0.1) is 5.92 Å². The first-order chi connectivity index (χ1) is 9.38. The number of hydrogen-bond acceptors (Lipinski definition) is 2. The number of benzene rings is 1. The average molecular weight is 261 g/mol. The summed E-state index contributed by atoms with van der Waals surface area (Å²) in [7, 11) is 0. The van der Waals surface area contributed by atoms with E-state index in [2.05, 4.69) is 36.5 Å². The Hall–Kier alpha value is -1.02. The van der Waals surface area contributed by atoms with E-state index in [-0.39, 0.29) is 0 Å². The van der Waals surface area contributed by atoms with E-state index in [4.69, 9.17) is 4.74 Å². The maximum absolute atomic E-state index is 5.71. The second kappa shape index (κ2) is 8.21. The van der Waals surface area contributed by atoms with Crippen molar-refractivity contribution >= 4 is 0 Å². The van der Waals surface area contributed by atoms with E-state index in [1.165, 1.54) is 44.2 Å². The van der Waals surface area contributed by atoms with Crippen LogP contribution in [0.4, 0.5) is 0 Å². The summed E-state index contributed by atoms with van der Waals surface area (Å²) in [5.41, 5.74) is 1.35. The van der Waals surface area contributed by atoms with Gasteiger partial charge in [0.15, 0.2) is 0 Å². The van der Waals surface area contributed by atoms with Crippen LogP contribution in [0.25, 0.3) is 0 Å². The number of ether oxygens (including phenoxy) is 1. The van der Waals surface area contributed by atoms with Crippen LogP contribution < -0.4 is 10.1 Å². The summed E-state index contributed by atoms with van der Waals surface area (Å²) >= 11 is 0. The molecule has 19 heavy (non-hydrogen) atoms. The van der Waals surface area contributed by atoms with Crippen LogP contribution in [0.3, 0.4) is 0 Å². The fourth-order valence-corrected chi connectivity index (χ4v) is 2.36. The van der Waals surface area contributed by atoms with Crippen LogP contribution in [0.2, 0.25) is 0 Å². The zero-order chi connectivity index (χ0) is 13.3. The lowest BCUT2D eigenvalue weighted by atomic mass is 9.85. The van der Waals surface area contributed by atoms with Gasteiger partial charge in [-0.05, 0) is 49.4 Å². The maximum atomic E-state index is 5.71. The van der Waals surface area contributed by atoms with E-state index in [9.17, 15) is 0 Å². The van der Waals surface area contributed by atoms with Gasteiger partial charge >= 0.3 is 0 Å². The molecule has 1 aromatic rings. The van der Waals surface area contributed by atoms with Crippen molar-refractivity contribution in [1.82, 2.24) is 5.32 Å². The molecule has 2 heteroatoms. The first-order valence-electron chi connectivity index (χ1n) is 7.81. The van der Waals surface area contributed by atoms with Crippen molar-refractivity contribution in [2.24, 2.45) is 5.92 Å². The smallest absolute Gasteiger partial charge is 0.119 e. The highest BCUT2D eigenvalue weighted by Gasteiger charge is 2.16. The summed E-state index contributed by atoms with van der Waals surface area (Å²) in [5.74, 6) is 1.93. The van der Waals surface area contributed by atoms with Gasteiger partial charge in [-0.15, -0.1) is 0 Å². The third kappa shape index (κ3) is 5.23. The number of nitrogens with one attached hydrogen (secondary N) is 1. The molecule has 0 amide bonds. The Labute approximate surface area is 117 Å². The second-order valence-electron chi connectivity index (χ2n) is 5.63. The predicted molar refractivity (Wildman–Crippen MR) is 80.5 cm³/mol. The Morgan fingerprint density at radius 3 is 2.58 bits per heavy atom. The van der Waals surface area contributed by atoms with Gasteiger partial charge in [0.1, 0.15) is 5.75 Å². The molecule has 0 aliphatic heterocycles.